The van der Waals surface area contributed by atoms with Gasteiger partial charge >= 0.3 is 17.9 Å². The minimum absolute atomic E-state index is 0.0255. The SMILES string of the molecule is C[C@H](CCC(=O)O)C1CC[C@H]2[C@@H]3[C@H](O)C[C@@H]4C[C@@H](OCCCCCCNC(=O)C5(C)CC(C)(C(=O)NCCCCCCO[C@H]6CC[C@@]7(C)[C@H](CC[C@@H]8[C@@H]7C[C@H](O)[C@]7(C)[C@@H]([C@H](C)CCC(=O)O)CC[C@@H]87)C6)CC(C)(C(=O)NCCCCCCO[C@H]6CC[C@@]7(C)[C@@H](C6)C[C@@H](O)[C@@H]6[C@@H]7C[C@H](O)[C@]7(C)[C@@H]([C@H](C)CCC(=O)O)CC[C@@H]67)C5)CC[C@]4(C)[C@H]3CC[C@]12C. The van der Waals surface area contributed by atoms with Crippen molar-refractivity contribution in [3.63, 3.8) is 0 Å². The van der Waals surface area contributed by atoms with E-state index in [4.69, 9.17) is 14.2 Å². The van der Waals surface area contributed by atoms with E-state index in [2.05, 4.69) is 78.3 Å². The molecule has 0 radical (unpaired) electrons. The molecule has 0 bridgehead atoms. The van der Waals surface area contributed by atoms with Crippen LogP contribution in [0.5, 0.6) is 0 Å². The van der Waals surface area contributed by atoms with Gasteiger partial charge in [0.2, 0.25) is 17.7 Å². The summed E-state index contributed by atoms with van der Waals surface area (Å²) in [7, 11) is 0. The van der Waals surface area contributed by atoms with Crippen LogP contribution in [0.1, 0.15) is 366 Å². The third-order valence-corrected chi connectivity index (χ3v) is 39.9. The van der Waals surface area contributed by atoms with Gasteiger partial charge in [0, 0.05) is 75.0 Å². The summed E-state index contributed by atoms with van der Waals surface area (Å²) >= 11 is 0. The summed E-state index contributed by atoms with van der Waals surface area (Å²) in [5.74, 6) is 4.47. The predicted octanol–water partition coefficient (Wildman–Crippen LogP) is 18.7. The van der Waals surface area contributed by atoms with E-state index < -0.39 is 46.4 Å². The fourth-order valence-electron chi connectivity index (χ4n) is 33.5. The van der Waals surface area contributed by atoms with Crippen LogP contribution in [-0.2, 0) is 43.0 Å². The molecule has 13 rings (SSSR count). The van der Waals surface area contributed by atoms with Gasteiger partial charge in [0.25, 0.3) is 0 Å². The highest BCUT2D eigenvalue weighted by Gasteiger charge is 2.69. The molecule has 19 nitrogen and oxygen atoms in total. The monoisotopic (exact) mass is 1690 g/mol. The minimum Gasteiger partial charge on any atom is -0.481 e. The maximum atomic E-state index is 14.8. The number of ether oxygens (including phenoxy) is 3. The van der Waals surface area contributed by atoms with Gasteiger partial charge in [-0.25, -0.2) is 0 Å². The topological polar surface area (TPSA) is 308 Å². The van der Waals surface area contributed by atoms with Crippen LogP contribution in [0.4, 0.5) is 0 Å². The molecule has 13 aliphatic rings. The second kappa shape index (κ2) is 39.1. The molecule has 690 valence electrons. The Morgan fingerprint density at radius 1 is 0.339 bits per heavy atom. The lowest BCUT2D eigenvalue weighted by molar-refractivity contribution is -0.209. The maximum absolute atomic E-state index is 14.8. The van der Waals surface area contributed by atoms with Crippen molar-refractivity contribution in [3.05, 3.63) is 0 Å². The van der Waals surface area contributed by atoms with Gasteiger partial charge in [-0.1, -0.05) is 122 Å². The van der Waals surface area contributed by atoms with E-state index in [1.165, 1.54) is 19.3 Å². The fraction of sp³-hybridized carbons (Fsp3) is 0.941. The van der Waals surface area contributed by atoms with Crippen LogP contribution in [0, 0.1) is 155 Å². The van der Waals surface area contributed by atoms with Crippen LogP contribution in [0.3, 0.4) is 0 Å². The van der Waals surface area contributed by atoms with Gasteiger partial charge in [-0.3, -0.25) is 28.8 Å². The summed E-state index contributed by atoms with van der Waals surface area (Å²) in [6.45, 7) is 30.8. The molecule has 3 amide bonds. The molecule has 0 heterocycles. The van der Waals surface area contributed by atoms with Crippen molar-refractivity contribution in [2.75, 3.05) is 39.5 Å². The third kappa shape index (κ3) is 19.4. The molecular weight excluding hydrogens is 1520 g/mol. The molecule has 0 aromatic heterocycles. The van der Waals surface area contributed by atoms with Gasteiger partial charge in [0.15, 0.2) is 0 Å². The van der Waals surface area contributed by atoms with Gasteiger partial charge in [-0.2, -0.15) is 0 Å². The number of rotatable bonds is 39. The van der Waals surface area contributed by atoms with Gasteiger partial charge < -0.3 is 65.9 Å². The van der Waals surface area contributed by atoms with Gasteiger partial charge in [-0.05, 0) is 364 Å². The molecule has 0 saturated heterocycles. The number of aliphatic carboxylic acids is 3. The normalized spacial score (nSPS) is 44.7. The second-order valence-electron chi connectivity index (χ2n) is 46.8. The number of aliphatic hydroxyl groups excluding tert-OH is 4. The molecule has 0 aromatic rings. The molecule has 13 aliphatic carbocycles. The predicted molar refractivity (Wildman–Crippen MR) is 471 cm³/mol. The smallest absolute Gasteiger partial charge is 0.303 e. The highest BCUT2D eigenvalue weighted by molar-refractivity contribution is 5.90. The van der Waals surface area contributed by atoms with Crippen LogP contribution >= 0.6 is 0 Å². The first kappa shape index (κ1) is 95.1. The molecule has 13 fully saturated rings. The van der Waals surface area contributed by atoms with E-state index in [9.17, 15) is 64.5 Å². The largest absolute Gasteiger partial charge is 0.481 e. The summed E-state index contributed by atoms with van der Waals surface area (Å²) in [5.41, 5.74) is -2.79. The minimum atomic E-state index is -0.975. The lowest BCUT2D eigenvalue weighted by atomic mass is 9.43. The number of aliphatic hydroxyl groups is 4. The summed E-state index contributed by atoms with van der Waals surface area (Å²) in [6, 6.07) is 0. The van der Waals surface area contributed by atoms with Gasteiger partial charge in [0.1, 0.15) is 0 Å². The molecular formula is C102H171N3O16. The Balaban J connectivity index is 0.543. The van der Waals surface area contributed by atoms with Crippen molar-refractivity contribution in [2.24, 2.45) is 155 Å². The summed E-state index contributed by atoms with van der Waals surface area (Å²) < 4.78 is 20.0. The Labute approximate surface area is 729 Å². The van der Waals surface area contributed by atoms with E-state index in [1.54, 1.807) is 0 Å². The number of carboxylic acids is 3. The Bertz CT molecular complexity index is 3510. The second-order valence-corrected chi connectivity index (χ2v) is 46.8. The number of unbranched alkanes of at least 4 members (excludes halogenated alkanes) is 9. The molecule has 0 aromatic carbocycles. The Morgan fingerprint density at radius 2 is 0.678 bits per heavy atom. The highest BCUT2D eigenvalue weighted by Crippen LogP contribution is 2.73. The lowest BCUT2D eigenvalue weighted by Gasteiger charge is -2.63. The van der Waals surface area contributed by atoms with Crippen molar-refractivity contribution in [3.8, 4) is 0 Å². The number of carboxylic acid groups (broad SMARTS) is 3. The van der Waals surface area contributed by atoms with E-state index >= 15 is 0 Å². The lowest BCUT2D eigenvalue weighted by Crippen LogP contribution is -2.62. The number of fused-ring (bicyclic) bond motifs is 15. The maximum Gasteiger partial charge on any atom is 0.303 e. The first-order valence-electron chi connectivity index (χ1n) is 50.4. The number of hydrogen-bond donors (Lipinski definition) is 10. The third-order valence-electron chi connectivity index (χ3n) is 39.9. The Hall–Kier alpha value is -3.46. The number of nitrogens with one attached hydrogen (secondary N) is 3. The number of carbonyl (C=O) groups is 6. The van der Waals surface area contributed by atoms with Crippen LogP contribution < -0.4 is 16.0 Å². The molecule has 10 N–H and O–H groups in total. The summed E-state index contributed by atoms with van der Waals surface area (Å²) in [6.07, 6.45) is 37.6. The molecule has 19 heteroatoms. The van der Waals surface area contributed by atoms with Crippen LogP contribution in [0.15, 0.2) is 0 Å². The molecule has 4 unspecified atom stereocenters. The number of hydrogen-bond acceptors (Lipinski definition) is 13. The summed E-state index contributed by atoms with van der Waals surface area (Å²) in [5, 5.41) is 86.7. The average molecular weight is 1700 g/mol. The van der Waals surface area contributed by atoms with Crippen molar-refractivity contribution < 1.29 is 78.7 Å². The van der Waals surface area contributed by atoms with Gasteiger partial charge in [0.05, 0.1) is 42.7 Å². The van der Waals surface area contributed by atoms with Crippen LogP contribution in [0.2, 0.25) is 0 Å². The Kier molecular flexibility index (Phi) is 30.7. The summed E-state index contributed by atoms with van der Waals surface area (Å²) in [4.78, 5) is 78.9. The van der Waals surface area contributed by atoms with Crippen molar-refractivity contribution in [2.45, 2.75) is 408 Å². The zero-order valence-electron chi connectivity index (χ0n) is 77.6. The highest BCUT2D eigenvalue weighted by atomic mass is 16.5. The van der Waals surface area contributed by atoms with E-state index in [-0.39, 0.29) is 130 Å². The van der Waals surface area contributed by atoms with E-state index in [1.807, 2.05) is 20.8 Å². The average Bonchev–Trinajstić information content (AvgIpc) is 1.66. The van der Waals surface area contributed by atoms with Gasteiger partial charge in [-0.15, -0.1) is 0 Å². The van der Waals surface area contributed by atoms with Crippen molar-refractivity contribution >= 4 is 35.6 Å². The standard InChI is InChI=1S/C102H171N3O16/c1-63(25-36-86(110)111)73-30-34-77-89-78(42-46-100(73,77)10)98(8)44-40-70(54-67(98)56-82(89)106)120-51-23-17-14-20-48-104-92(117)95(5)60-94(4,91(116)103-47-19-13-16-22-50-119-69-39-43-97(7)66(53-69)28-29-72-76-33-31-74(64(2)26-37-87(112)113)101(76,11)84(108)58-80(72)97)61-96(6,62-95)93(118)105-49-21-15-18-24-52-121-71-41-45-99(9)68(55-71)57-83(107)90-79-35-32-75(65(3)27-38-88(114)115)102(79,12)85(109)59-81(90)99/h63-85,89-90,106-109H,13-62H2,1-12H3,(H,103,116)(H,104,117)(H,105,118)(H,110,111)(H,112,113)(H,114,115)/t63-,64-,65-,66-,67+,68+,69+,70+,71+,72+,73?,74-,75-,76+,77+,78+,79+,80+,81+,82-,83-,84+,85+,89+,90+,94?,95?,96?,97+,98+,99+,100-,101-,102-/m1/s1. The first-order chi connectivity index (χ1) is 57.4. The van der Waals surface area contributed by atoms with Crippen LogP contribution in [0.25, 0.3) is 0 Å². The molecule has 0 spiro atoms. The number of carbonyl (C=O) groups excluding carboxylic acids is 3. The van der Waals surface area contributed by atoms with Crippen molar-refractivity contribution in [1.29, 1.82) is 0 Å². The van der Waals surface area contributed by atoms with E-state index in [0.29, 0.717) is 148 Å². The molecule has 13 saturated carbocycles. The zero-order chi connectivity index (χ0) is 87.0. The molecule has 121 heavy (non-hydrogen) atoms. The molecule has 34 atom stereocenters. The molecule has 0 aliphatic heterocycles. The first-order valence-corrected chi connectivity index (χ1v) is 50.4. The quantitative estimate of drug-likeness (QED) is 0.0256. The van der Waals surface area contributed by atoms with Crippen molar-refractivity contribution in [1.82, 2.24) is 16.0 Å². The number of amides is 3. The van der Waals surface area contributed by atoms with E-state index in [0.717, 1.165) is 212 Å². The fourth-order valence-corrected chi connectivity index (χ4v) is 33.5. The zero-order valence-corrected chi connectivity index (χ0v) is 77.6. The Morgan fingerprint density at radius 3 is 1.12 bits per heavy atom. The van der Waals surface area contributed by atoms with Crippen LogP contribution in [-0.4, -0.2) is 154 Å².